The zero-order chi connectivity index (χ0) is 16.2. The van der Waals surface area contributed by atoms with Crippen molar-refractivity contribution in [2.24, 2.45) is 7.05 Å². The van der Waals surface area contributed by atoms with Gasteiger partial charge in [0.15, 0.2) is 0 Å². The Morgan fingerprint density at radius 1 is 1.27 bits per heavy atom. The lowest BCUT2D eigenvalue weighted by Gasteiger charge is -2.30. The minimum atomic E-state index is -0.859. The van der Waals surface area contributed by atoms with Crippen LogP contribution in [-0.4, -0.2) is 31.1 Å². The second-order valence-electron chi connectivity index (χ2n) is 7.01. The summed E-state index contributed by atoms with van der Waals surface area (Å²) in [6.07, 6.45) is 0. The van der Waals surface area contributed by atoms with Gasteiger partial charge in [-0.05, 0) is 37.1 Å². The molecule has 1 aliphatic heterocycles. The van der Waals surface area contributed by atoms with Crippen molar-refractivity contribution in [3.05, 3.63) is 29.1 Å². The number of carbonyl (C=O) groups is 1. The van der Waals surface area contributed by atoms with E-state index in [4.69, 9.17) is 4.98 Å². The summed E-state index contributed by atoms with van der Waals surface area (Å²) in [7, 11) is 2.05. The predicted octanol–water partition coefficient (Wildman–Crippen LogP) is 2.88. The van der Waals surface area contributed by atoms with Crippen molar-refractivity contribution in [3.63, 3.8) is 0 Å². The van der Waals surface area contributed by atoms with E-state index in [0.29, 0.717) is 19.0 Å². The Bertz CT molecular complexity index is 759. The summed E-state index contributed by atoms with van der Waals surface area (Å²) in [5, 5.41) is 9.41. The maximum Gasteiger partial charge on any atom is 0.323 e. The monoisotopic (exact) mass is 301 g/mol. The van der Waals surface area contributed by atoms with Crippen LogP contribution in [-0.2, 0) is 24.9 Å². The molecule has 1 aromatic carbocycles. The van der Waals surface area contributed by atoms with Gasteiger partial charge in [0.1, 0.15) is 11.4 Å². The lowest BCUT2D eigenvalue weighted by molar-refractivity contribution is -0.149. The van der Waals surface area contributed by atoms with Gasteiger partial charge in [0, 0.05) is 26.1 Å². The number of carboxylic acids is 1. The van der Waals surface area contributed by atoms with E-state index in [0.717, 1.165) is 16.9 Å². The third kappa shape index (κ3) is 2.11. The Morgan fingerprint density at radius 2 is 1.86 bits per heavy atom. The first-order valence-corrected chi connectivity index (χ1v) is 7.68. The SMILES string of the molecule is CC(C)c1nc2cc3c(cc2n1C)CN(C(C)(C)C(=O)O)C3. The summed E-state index contributed by atoms with van der Waals surface area (Å²) in [6.45, 7) is 9.15. The van der Waals surface area contributed by atoms with Crippen LogP contribution in [0.25, 0.3) is 11.0 Å². The average Bonchev–Trinajstić information content (AvgIpc) is 2.98. The molecule has 0 unspecified atom stereocenters. The fourth-order valence-corrected chi connectivity index (χ4v) is 3.15. The quantitative estimate of drug-likeness (QED) is 0.947. The number of fused-ring (bicyclic) bond motifs is 2. The molecule has 0 radical (unpaired) electrons. The van der Waals surface area contributed by atoms with Crippen LogP contribution in [0.3, 0.4) is 0 Å². The molecule has 1 aromatic heterocycles. The number of benzene rings is 1. The molecule has 3 rings (SSSR count). The van der Waals surface area contributed by atoms with Gasteiger partial charge >= 0.3 is 5.97 Å². The average molecular weight is 301 g/mol. The lowest BCUT2D eigenvalue weighted by Crippen LogP contribution is -2.47. The number of aliphatic carboxylic acids is 1. The van der Waals surface area contributed by atoms with E-state index in [1.165, 1.54) is 11.1 Å². The van der Waals surface area contributed by atoms with E-state index in [-0.39, 0.29) is 0 Å². The van der Waals surface area contributed by atoms with Gasteiger partial charge < -0.3 is 9.67 Å². The molecule has 0 aliphatic carbocycles. The van der Waals surface area contributed by atoms with Crippen molar-refractivity contribution in [3.8, 4) is 0 Å². The maximum absolute atomic E-state index is 11.5. The molecule has 1 aliphatic rings. The van der Waals surface area contributed by atoms with E-state index in [2.05, 4.69) is 30.5 Å². The van der Waals surface area contributed by atoms with Gasteiger partial charge in [-0.25, -0.2) is 4.98 Å². The number of hydrogen-bond acceptors (Lipinski definition) is 3. The molecule has 0 fully saturated rings. The summed E-state index contributed by atoms with van der Waals surface area (Å²) in [6, 6.07) is 4.29. The first-order chi connectivity index (χ1) is 10.2. The molecule has 0 amide bonds. The molecule has 5 nitrogen and oxygen atoms in total. The van der Waals surface area contributed by atoms with Crippen LogP contribution < -0.4 is 0 Å². The molecular formula is C17H23N3O2. The van der Waals surface area contributed by atoms with Gasteiger partial charge in [-0.15, -0.1) is 0 Å². The van der Waals surface area contributed by atoms with Gasteiger partial charge in [0.2, 0.25) is 0 Å². The number of aromatic nitrogens is 2. The fraction of sp³-hybridized carbons (Fsp3) is 0.529. The van der Waals surface area contributed by atoms with Crippen LogP contribution >= 0.6 is 0 Å². The highest BCUT2D eigenvalue weighted by atomic mass is 16.4. The molecule has 118 valence electrons. The number of hydrogen-bond donors (Lipinski definition) is 1. The largest absolute Gasteiger partial charge is 0.480 e. The zero-order valence-corrected chi connectivity index (χ0v) is 13.8. The Kier molecular flexibility index (Phi) is 3.29. The normalized spacial score (nSPS) is 15.7. The first-order valence-electron chi connectivity index (χ1n) is 7.68. The van der Waals surface area contributed by atoms with Crippen molar-refractivity contribution < 1.29 is 9.90 Å². The summed E-state index contributed by atoms with van der Waals surface area (Å²) in [5.74, 6) is 0.682. The molecule has 22 heavy (non-hydrogen) atoms. The van der Waals surface area contributed by atoms with Gasteiger partial charge in [0.25, 0.3) is 0 Å². The van der Waals surface area contributed by atoms with E-state index < -0.39 is 11.5 Å². The molecule has 0 saturated carbocycles. The highest BCUT2D eigenvalue weighted by molar-refractivity contribution is 5.80. The number of nitrogens with zero attached hydrogens (tertiary/aromatic N) is 3. The summed E-state index contributed by atoms with van der Waals surface area (Å²) in [5.41, 5.74) is 3.66. The second-order valence-corrected chi connectivity index (χ2v) is 7.01. The summed E-state index contributed by atoms with van der Waals surface area (Å²) >= 11 is 0. The van der Waals surface area contributed by atoms with Crippen molar-refractivity contribution in [1.29, 1.82) is 0 Å². The fourth-order valence-electron chi connectivity index (χ4n) is 3.15. The molecule has 1 N–H and O–H groups in total. The van der Waals surface area contributed by atoms with Gasteiger partial charge in [-0.3, -0.25) is 9.69 Å². The molecule has 2 heterocycles. The molecule has 0 bridgehead atoms. The molecular weight excluding hydrogens is 278 g/mol. The molecule has 5 heteroatoms. The van der Waals surface area contributed by atoms with Crippen molar-refractivity contribution >= 4 is 17.0 Å². The van der Waals surface area contributed by atoms with E-state index in [9.17, 15) is 9.90 Å². The summed E-state index contributed by atoms with van der Waals surface area (Å²) in [4.78, 5) is 18.2. The smallest absolute Gasteiger partial charge is 0.323 e. The Labute approximate surface area is 130 Å². The van der Waals surface area contributed by atoms with Gasteiger partial charge in [-0.1, -0.05) is 13.8 Å². The van der Waals surface area contributed by atoms with Crippen LogP contribution in [0.1, 0.15) is 50.6 Å². The minimum Gasteiger partial charge on any atom is -0.480 e. The van der Waals surface area contributed by atoms with Gasteiger partial charge in [-0.2, -0.15) is 0 Å². The molecule has 0 saturated heterocycles. The Hall–Kier alpha value is -1.88. The highest BCUT2D eigenvalue weighted by Gasteiger charge is 2.38. The van der Waals surface area contributed by atoms with Crippen LogP contribution in [0, 0.1) is 0 Å². The standard InChI is InChI=1S/C17H23N3O2/c1-10(2)15-18-13-6-11-8-20(17(3,4)16(21)22)9-12(11)7-14(13)19(15)5/h6-7,10H,8-9H2,1-5H3,(H,21,22). The summed E-state index contributed by atoms with van der Waals surface area (Å²) < 4.78 is 2.14. The molecule has 0 spiro atoms. The zero-order valence-electron chi connectivity index (χ0n) is 13.8. The predicted molar refractivity (Wildman–Crippen MR) is 85.8 cm³/mol. The van der Waals surface area contributed by atoms with Crippen LogP contribution in [0.4, 0.5) is 0 Å². The Morgan fingerprint density at radius 3 is 2.41 bits per heavy atom. The highest BCUT2D eigenvalue weighted by Crippen LogP contribution is 2.33. The molecule has 2 aromatic rings. The first kappa shape index (κ1) is 15.0. The van der Waals surface area contributed by atoms with Crippen molar-refractivity contribution in [2.45, 2.75) is 52.2 Å². The van der Waals surface area contributed by atoms with Crippen molar-refractivity contribution in [2.75, 3.05) is 0 Å². The van der Waals surface area contributed by atoms with Crippen LogP contribution in [0.2, 0.25) is 0 Å². The Balaban J connectivity index is 2.02. The van der Waals surface area contributed by atoms with Crippen molar-refractivity contribution in [1.82, 2.24) is 14.5 Å². The van der Waals surface area contributed by atoms with Gasteiger partial charge in [0.05, 0.1) is 11.0 Å². The van der Waals surface area contributed by atoms with E-state index in [1.54, 1.807) is 13.8 Å². The van der Waals surface area contributed by atoms with E-state index >= 15 is 0 Å². The number of rotatable bonds is 3. The topological polar surface area (TPSA) is 58.4 Å². The number of imidazole rings is 1. The minimum absolute atomic E-state index is 0.384. The molecule has 0 atom stereocenters. The van der Waals surface area contributed by atoms with Crippen LogP contribution in [0.15, 0.2) is 12.1 Å². The van der Waals surface area contributed by atoms with Crippen LogP contribution in [0.5, 0.6) is 0 Å². The maximum atomic E-state index is 11.5. The lowest BCUT2D eigenvalue weighted by atomic mass is 10.0. The third-order valence-corrected chi connectivity index (χ3v) is 4.79. The van der Waals surface area contributed by atoms with E-state index in [1.807, 2.05) is 11.9 Å². The number of aryl methyl sites for hydroxylation is 1. The third-order valence-electron chi connectivity index (χ3n) is 4.79. The number of carboxylic acid groups (broad SMARTS) is 1. The second kappa shape index (κ2) is 4.81.